The van der Waals surface area contributed by atoms with Gasteiger partial charge in [0.15, 0.2) is 0 Å². The van der Waals surface area contributed by atoms with Crippen LogP contribution >= 0.6 is 0 Å². The van der Waals surface area contributed by atoms with Crippen molar-refractivity contribution in [3.05, 3.63) is 0 Å². The summed E-state index contributed by atoms with van der Waals surface area (Å²) in [4.78, 5) is 11.9. The molecule has 0 amide bonds. The van der Waals surface area contributed by atoms with Crippen LogP contribution in [0.2, 0.25) is 0 Å². The summed E-state index contributed by atoms with van der Waals surface area (Å²) in [6, 6.07) is -0.125. The lowest BCUT2D eigenvalue weighted by Crippen LogP contribution is -2.46. The zero-order chi connectivity index (χ0) is 15.1. The van der Waals surface area contributed by atoms with Crippen molar-refractivity contribution in [1.82, 2.24) is 5.32 Å². The summed E-state index contributed by atoms with van der Waals surface area (Å²) in [5.41, 5.74) is 0. The standard InChI is InChI=1S/C16H31NO3/c1-6-19-16(18)15(17-11(2)3)10-20-14-8-12(4)7-13(5)9-14/h11-15,17H,6-10H2,1-5H3. The number of rotatable bonds is 7. The molecule has 118 valence electrons. The maximum atomic E-state index is 11.9. The van der Waals surface area contributed by atoms with Crippen molar-refractivity contribution < 1.29 is 14.3 Å². The molecule has 1 rings (SSSR count). The van der Waals surface area contributed by atoms with Crippen LogP contribution in [-0.4, -0.2) is 37.4 Å². The summed E-state index contributed by atoms with van der Waals surface area (Å²) in [5.74, 6) is 1.21. The van der Waals surface area contributed by atoms with Gasteiger partial charge in [0.1, 0.15) is 6.04 Å². The maximum absolute atomic E-state index is 11.9. The second-order valence-corrected chi connectivity index (χ2v) is 6.50. The lowest BCUT2D eigenvalue weighted by molar-refractivity contribution is -0.148. The van der Waals surface area contributed by atoms with E-state index in [0.29, 0.717) is 25.0 Å². The second-order valence-electron chi connectivity index (χ2n) is 6.50. The molecule has 0 aromatic rings. The van der Waals surface area contributed by atoms with Crippen LogP contribution in [0.3, 0.4) is 0 Å². The summed E-state index contributed by atoms with van der Waals surface area (Å²) < 4.78 is 11.1. The van der Waals surface area contributed by atoms with Gasteiger partial charge in [-0.15, -0.1) is 0 Å². The van der Waals surface area contributed by atoms with Gasteiger partial charge in [0.05, 0.1) is 19.3 Å². The van der Waals surface area contributed by atoms with Crippen molar-refractivity contribution in [2.75, 3.05) is 13.2 Å². The highest BCUT2D eigenvalue weighted by molar-refractivity contribution is 5.75. The van der Waals surface area contributed by atoms with Gasteiger partial charge in [0, 0.05) is 6.04 Å². The first kappa shape index (κ1) is 17.4. The van der Waals surface area contributed by atoms with E-state index in [9.17, 15) is 4.79 Å². The smallest absolute Gasteiger partial charge is 0.325 e. The average Bonchev–Trinajstić information content (AvgIpc) is 2.33. The van der Waals surface area contributed by atoms with E-state index in [-0.39, 0.29) is 24.2 Å². The van der Waals surface area contributed by atoms with Gasteiger partial charge >= 0.3 is 5.97 Å². The van der Waals surface area contributed by atoms with Crippen LogP contribution in [0.15, 0.2) is 0 Å². The zero-order valence-corrected chi connectivity index (χ0v) is 13.6. The number of nitrogens with one attached hydrogen (secondary N) is 1. The van der Waals surface area contributed by atoms with Crippen LogP contribution in [-0.2, 0) is 14.3 Å². The van der Waals surface area contributed by atoms with Gasteiger partial charge in [-0.05, 0) is 38.0 Å². The molecule has 3 atom stereocenters. The number of esters is 1. The second kappa shape index (κ2) is 8.63. The lowest BCUT2D eigenvalue weighted by atomic mass is 9.82. The summed E-state index contributed by atoms with van der Waals surface area (Å²) in [6.07, 6.45) is 3.76. The molecular formula is C16H31NO3. The molecule has 0 bridgehead atoms. The van der Waals surface area contributed by atoms with Crippen LogP contribution in [0.25, 0.3) is 0 Å². The molecule has 1 N–H and O–H groups in total. The van der Waals surface area contributed by atoms with Crippen molar-refractivity contribution in [1.29, 1.82) is 0 Å². The Morgan fingerprint density at radius 1 is 1.20 bits per heavy atom. The van der Waals surface area contributed by atoms with Crippen LogP contribution in [0.5, 0.6) is 0 Å². The van der Waals surface area contributed by atoms with E-state index in [1.54, 1.807) is 0 Å². The van der Waals surface area contributed by atoms with Gasteiger partial charge in [0.25, 0.3) is 0 Å². The first-order valence-corrected chi connectivity index (χ1v) is 7.96. The Hall–Kier alpha value is -0.610. The first-order chi connectivity index (χ1) is 9.42. The molecule has 0 aromatic carbocycles. The predicted molar refractivity (Wildman–Crippen MR) is 80.6 cm³/mol. The van der Waals surface area contributed by atoms with Gasteiger partial charge in [0.2, 0.25) is 0 Å². The molecular weight excluding hydrogens is 254 g/mol. The van der Waals surface area contributed by atoms with Crippen molar-refractivity contribution >= 4 is 5.97 Å². The minimum atomic E-state index is -0.359. The Labute approximate surface area is 123 Å². The molecule has 0 radical (unpaired) electrons. The van der Waals surface area contributed by atoms with Crippen molar-refractivity contribution in [2.45, 2.75) is 72.1 Å². The monoisotopic (exact) mass is 285 g/mol. The SMILES string of the molecule is CCOC(=O)C(COC1CC(C)CC(C)C1)NC(C)C. The van der Waals surface area contributed by atoms with Crippen LogP contribution < -0.4 is 5.32 Å². The minimum absolute atomic E-state index is 0.210. The Bertz CT molecular complexity index is 283. The largest absolute Gasteiger partial charge is 0.465 e. The lowest BCUT2D eigenvalue weighted by Gasteiger charge is -2.32. The molecule has 20 heavy (non-hydrogen) atoms. The number of carbonyl (C=O) groups excluding carboxylic acids is 1. The Morgan fingerprint density at radius 2 is 1.80 bits per heavy atom. The third kappa shape index (κ3) is 6.23. The summed E-state index contributed by atoms with van der Waals surface area (Å²) in [6.45, 7) is 11.2. The van der Waals surface area contributed by atoms with Gasteiger partial charge < -0.3 is 14.8 Å². The first-order valence-electron chi connectivity index (χ1n) is 7.96. The molecule has 1 fully saturated rings. The molecule has 1 aliphatic rings. The van der Waals surface area contributed by atoms with Crippen LogP contribution in [0.4, 0.5) is 0 Å². The molecule has 4 heteroatoms. The van der Waals surface area contributed by atoms with E-state index in [2.05, 4.69) is 19.2 Å². The quantitative estimate of drug-likeness (QED) is 0.731. The van der Waals surface area contributed by atoms with E-state index >= 15 is 0 Å². The minimum Gasteiger partial charge on any atom is -0.465 e. The van der Waals surface area contributed by atoms with Gasteiger partial charge in [-0.1, -0.05) is 27.7 Å². The predicted octanol–water partition coefficient (Wildman–Crippen LogP) is 2.76. The Balaban J connectivity index is 2.46. The molecule has 0 saturated heterocycles. The highest BCUT2D eigenvalue weighted by Crippen LogP contribution is 2.30. The number of hydrogen-bond donors (Lipinski definition) is 1. The molecule has 0 spiro atoms. The normalized spacial score (nSPS) is 28.4. The number of ether oxygens (including phenoxy) is 2. The average molecular weight is 285 g/mol. The molecule has 0 aliphatic heterocycles. The molecule has 0 aromatic heterocycles. The van der Waals surface area contributed by atoms with E-state index in [0.717, 1.165) is 12.8 Å². The number of hydrogen-bond acceptors (Lipinski definition) is 4. The maximum Gasteiger partial charge on any atom is 0.325 e. The molecule has 4 nitrogen and oxygen atoms in total. The third-order valence-corrected chi connectivity index (χ3v) is 3.74. The van der Waals surface area contributed by atoms with E-state index in [1.807, 2.05) is 20.8 Å². The molecule has 3 unspecified atom stereocenters. The number of carbonyl (C=O) groups is 1. The van der Waals surface area contributed by atoms with Gasteiger partial charge in [-0.25, -0.2) is 0 Å². The fourth-order valence-electron chi connectivity index (χ4n) is 3.07. The Kier molecular flexibility index (Phi) is 7.52. The Morgan fingerprint density at radius 3 is 2.30 bits per heavy atom. The fraction of sp³-hybridized carbons (Fsp3) is 0.938. The van der Waals surface area contributed by atoms with Crippen molar-refractivity contribution in [3.8, 4) is 0 Å². The fourth-order valence-corrected chi connectivity index (χ4v) is 3.07. The topological polar surface area (TPSA) is 47.6 Å². The van der Waals surface area contributed by atoms with Crippen LogP contribution in [0.1, 0.15) is 53.9 Å². The van der Waals surface area contributed by atoms with Crippen molar-refractivity contribution in [3.63, 3.8) is 0 Å². The summed E-state index contributed by atoms with van der Waals surface area (Å²) in [7, 11) is 0. The molecule has 1 saturated carbocycles. The van der Waals surface area contributed by atoms with Gasteiger partial charge in [-0.2, -0.15) is 0 Å². The van der Waals surface area contributed by atoms with E-state index in [4.69, 9.17) is 9.47 Å². The van der Waals surface area contributed by atoms with E-state index < -0.39 is 0 Å². The zero-order valence-electron chi connectivity index (χ0n) is 13.6. The van der Waals surface area contributed by atoms with Crippen LogP contribution in [0, 0.1) is 11.8 Å². The highest BCUT2D eigenvalue weighted by atomic mass is 16.5. The highest BCUT2D eigenvalue weighted by Gasteiger charge is 2.27. The molecule has 1 aliphatic carbocycles. The summed E-state index contributed by atoms with van der Waals surface area (Å²) in [5, 5.41) is 3.23. The molecule has 0 heterocycles. The summed E-state index contributed by atoms with van der Waals surface area (Å²) >= 11 is 0. The third-order valence-electron chi connectivity index (χ3n) is 3.74. The van der Waals surface area contributed by atoms with E-state index in [1.165, 1.54) is 6.42 Å². The van der Waals surface area contributed by atoms with Crippen molar-refractivity contribution in [2.24, 2.45) is 11.8 Å². The van der Waals surface area contributed by atoms with Gasteiger partial charge in [-0.3, -0.25) is 4.79 Å².